The van der Waals surface area contributed by atoms with Crippen molar-refractivity contribution < 1.29 is 5.11 Å². The Labute approximate surface area is 158 Å². The minimum absolute atomic E-state index is 0.0511. The van der Waals surface area contributed by atoms with Crippen molar-refractivity contribution in [3.8, 4) is 22.4 Å². The van der Waals surface area contributed by atoms with Crippen LogP contribution in [0.3, 0.4) is 0 Å². The van der Waals surface area contributed by atoms with Crippen LogP contribution in [-0.2, 0) is 0 Å². The average molecular weight is 355 g/mol. The number of benzene rings is 3. The van der Waals surface area contributed by atoms with Gasteiger partial charge in [-0.3, -0.25) is 0 Å². The Hall–Kier alpha value is -3.24. The van der Waals surface area contributed by atoms with E-state index in [9.17, 15) is 5.11 Å². The molecule has 1 N–H and O–H groups in total. The summed E-state index contributed by atoms with van der Waals surface area (Å²) in [5.41, 5.74) is 5.33. The molecule has 0 aliphatic carbocycles. The van der Waals surface area contributed by atoms with Crippen LogP contribution in [0.4, 0.5) is 0 Å². The zero-order valence-corrected chi connectivity index (χ0v) is 14.9. The van der Waals surface area contributed by atoms with Crippen LogP contribution >= 0.6 is 0 Å². The van der Waals surface area contributed by atoms with Gasteiger partial charge in [0.05, 0.1) is 12.2 Å². The molecule has 27 heavy (non-hydrogen) atoms. The van der Waals surface area contributed by atoms with Crippen molar-refractivity contribution in [2.75, 3.05) is 6.61 Å². The molecule has 0 fully saturated rings. The van der Waals surface area contributed by atoms with Crippen molar-refractivity contribution in [3.05, 3.63) is 96.7 Å². The summed E-state index contributed by atoms with van der Waals surface area (Å²) in [5.74, 6) is 0. The van der Waals surface area contributed by atoms with Gasteiger partial charge in [0.25, 0.3) is 0 Å². The van der Waals surface area contributed by atoms with E-state index in [0.29, 0.717) is 6.42 Å². The fourth-order valence-electron chi connectivity index (χ4n) is 3.27. The van der Waals surface area contributed by atoms with E-state index in [1.165, 1.54) is 11.1 Å². The molecule has 1 aromatic heterocycles. The van der Waals surface area contributed by atoms with Crippen LogP contribution in [0.1, 0.15) is 18.0 Å². The Morgan fingerprint density at radius 2 is 1.33 bits per heavy atom. The molecular formula is C23H21N3O. The van der Waals surface area contributed by atoms with Crippen molar-refractivity contribution in [3.63, 3.8) is 0 Å². The topological polar surface area (TPSA) is 50.9 Å². The van der Waals surface area contributed by atoms with Gasteiger partial charge in [-0.25, -0.2) is 4.68 Å². The third-order valence-corrected chi connectivity index (χ3v) is 4.70. The SMILES string of the molecule is OCCC(c1ccc(-c2ccccc2)cc1)n1cc(-c2ccccc2)nn1. The quantitative estimate of drug-likeness (QED) is 0.551. The number of hydrogen-bond donors (Lipinski definition) is 1. The molecule has 0 aliphatic rings. The highest BCUT2D eigenvalue weighted by molar-refractivity contribution is 5.63. The first-order chi connectivity index (χ1) is 13.3. The molecule has 4 heteroatoms. The number of rotatable bonds is 6. The van der Waals surface area contributed by atoms with Crippen LogP contribution in [0, 0.1) is 0 Å². The van der Waals surface area contributed by atoms with Gasteiger partial charge in [-0.05, 0) is 23.1 Å². The maximum atomic E-state index is 9.55. The van der Waals surface area contributed by atoms with Crippen LogP contribution in [-0.4, -0.2) is 26.7 Å². The van der Waals surface area contributed by atoms with Crippen LogP contribution in [0.25, 0.3) is 22.4 Å². The molecule has 4 aromatic rings. The van der Waals surface area contributed by atoms with Gasteiger partial charge in [0.2, 0.25) is 0 Å². The third-order valence-electron chi connectivity index (χ3n) is 4.70. The Kier molecular flexibility index (Phi) is 5.08. The zero-order valence-electron chi connectivity index (χ0n) is 14.9. The second kappa shape index (κ2) is 7.98. The van der Waals surface area contributed by atoms with Gasteiger partial charge in [-0.1, -0.05) is 90.1 Å². The third kappa shape index (κ3) is 3.81. The molecular weight excluding hydrogens is 334 g/mol. The van der Waals surface area contributed by atoms with Crippen LogP contribution in [0.2, 0.25) is 0 Å². The molecule has 1 atom stereocenters. The lowest BCUT2D eigenvalue weighted by Gasteiger charge is -2.16. The number of aliphatic hydroxyl groups is 1. The molecule has 134 valence electrons. The Balaban J connectivity index is 1.62. The van der Waals surface area contributed by atoms with Crippen molar-refractivity contribution in [2.45, 2.75) is 12.5 Å². The molecule has 1 unspecified atom stereocenters. The van der Waals surface area contributed by atoms with E-state index in [2.05, 4.69) is 46.7 Å². The lowest BCUT2D eigenvalue weighted by atomic mass is 9.99. The van der Waals surface area contributed by atoms with E-state index < -0.39 is 0 Å². The van der Waals surface area contributed by atoms with E-state index in [1.54, 1.807) is 0 Å². The first kappa shape index (κ1) is 17.2. The molecule has 0 bridgehead atoms. The summed E-state index contributed by atoms with van der Waals surface area (Å²) in [5, 5.41) is 18.2. The summed E-state index contributed by atoms with van der Waals surface area (Å²) in [4.78, 5) is 0. The van der Waals surface area contributed by atoms with Gasteiger partial charge in [0.1, 0.15) is 5.69 Å². The smallest absolute Gasteiger partial charge is 0.113 e. The number of hydrogen-bond acceptors (Lipinski definition) is 3. The Morgan fingerprint density at radius 3 is 1.96 bits per heavy atom. The highest BCUT2D eigenvalue weighted by Gasteiger charge is 2.16. The zero-order chi connectivity index (χ0) is 18.5. The second-order valence-corrected chi connectivity index (χ2v) is 6.47. The van der Waals surface area contributed by atoms with E-state index >= 15 is 0 Å². The summed E-state index contributed by atoms with van der Waals surface area (Å²) in [6.45, 7) is 0.0889. The predicted octanol–water partition coefficient (Wildman–Crippen LogP) is 4.58. The number of aliphatic hydroxyl groups excluding tert-OH is 1. The molecule has 4 nitrogen and oxygen atoms in total. The summed E-state index contributed by atoms with van der Waals surface area (Å²) in [7, 11) is 0. The number of aromatic nitrogens is 3. The van der Waals surface area contributed by atoms with Crippen LogP contribution in [0.15, 0.2) is 91.1 Å². The molecule has 3 aromatic carbocycles. The van der Waals surface area contributed by atoms with Gasteiger partial charge >= 0.3 is 0 Å². The van der Waals surface area contributed by atoms with Gasteiger partial charge in [-0.15, -0.1) is 5.10 Å². The predicted molar refractivity (Wildman–Crippen MR) is 107 cm³/mol. The van der Waals surface area contributed by atoms with Crippen molar-refractivity contribution in [1.29, 1.82) is 0 Å². The van der Waals surface area contributed by atoms with Gasteiger partial charge in [0.15, 0.2) is 0 Å². The van der Waals surface area contributed by atoms with Gasteiger partial charge < -0.3 is 5.11 Å². The summed E-state index contributed by atoms with van der Waals surface area (Å²) >= 11 is 0. The van der Waals surface area contributed by atoms with E-state index in [0.717, 1.165) is 16.8 Å². The average Bonchev–Trinajstić information content (AvgIpc) is 3.23. The Morgan fingerprint density at radius 1 is 0.741 bits per heavy atom. The minimum Gasteiger partial charge on any atom is -0.396 e. The van der Waals surface area contributed by atoms with Crippen LogP contribution in [0.5, 0.6) is 0 Å². The minimum atomic E-state index is -0.0511. The van der Waals surface area contributed by atoms with Gasteiger partial charge in [-0.2, -0.15) is 0 Å². The molecule has 4 rings (SSSR count). The summed E-state index contributed by atoms with van der Waals surface area (Å²) < 4.78 is 1.84. The van der Waals surface area contributed by atoms with Gasteiger partial charge in [0, 0.05) is 12.2 Å². The van der Waals surface area contributed by atoms with Crippen molar-refractivity contribution in [2.24, 2.45) is 0 Å². The first-order valence-electron chi connectivity index (χ1n) is 9.08. The summed E-state index contributed by atoms with van der Waals surface area (Å²) in [6.07, 6.45) is 2.53. The lowest BCUT2D eigenvalue weighted by molar-refractivity contribution is 0.262. The highest BCUT2D eigenvalue weighted by atomic mass is 16.3. The van der Waals surface area contributed by atoms with Crippen molar-refractivity contribution in [1.82, 2.24) is 15.0 Å². The fraction of sp³-hybridized carbons (Fsp3) is 0.130. The number of nitrogens with zero attached hydrogens (tertiary/aromatic N) is 3. The second-order valence-electron chi connectivity index (χ2n) is 6.47. The molecule has 0 amide bonds. The monoisotopic (exact) mass is 355 g/mol. The highest BCUT2D eigenvalue weighted by Crippen LogP contribution is 2.26. The molecule has 0 saturated carbocycles. The largest absolute Gasteiger partial charge is 0.396 e. The molecule has 0 saturated heterocycles. The molecule has 0 aliphatic heterocycles. The maximum absolute atomic E-state index is 9.55. The van der Waals surface area contributed by atoms with E-state index in [1.807, 2.05) is 59.4 Å². The standard InChI is InChI=1S/C23H21N3O/c27-16-15-23(26-17-22(24-25-26)20-9-5-2-6-10-20)21-13-11-19(12-14-21)18-7-3-1-4-8-18/h1-14,17,23,27H,15-16H2. The van der Waals surface area contributed by atoms with E-state index in [-0.39, 0.29) is 12.6 Å². The lowest BCUT2D eigenvalue weighted by Crippen LogP contribution is -2.13. The first-order valence-corrected chi connectivity index (χ1v) is 9.08. The molecule has 0 radical (unpaired) electrons. The fourth-order valence-corrected chi connectivity index (χ4v) is 3.27. The van der Waals surface area contributed by atoms with Crippen LogP contribution < -0.4 is 0 Å². The maximum Gasteiger partial charge on any atom is 0.113 e. The van der Waals surface area contributed by atoms with Crippen molar-refractivity contribution >= 4 is 0 Å². The Bertz CT molecular complexity index is 979. The van der Waals surface area contributed by atoms with E-state index in [4.69, 9.17) is 0 Å². The summed E-state index contributed by atoms with van der Waals surface area (Å²) in [6, 6.07) is 28.7. The molecule has 1 heterocycles. The molecule has 0 spiro atoms. The normalized spacial score (nSPS) is 12.0.